The minimum absolute atomic E-state index is 0.677. The van der Waals surface area contributed by atoms with Crippen LogP contribution in [0.1, 0.15) is 6.42 Å². The zero-order valence-corrected chi connectivity index (χ0v) is 14.0. The Morgan fingerprint density at radius 3 is 2.48 bits per heavy atom. The number of para-hydroxylation sites is 3. The van der Waals surface area contributed by atoms with Crippen molar-refractivity contribution in [3.63, 3.8) is 0 Å². The third kappa shape index (κ3) is 3.41. The Kier molecular flexibility index (Phi) is 4.46. The zero-order chi connectivity index (χ0) is 16.9. The molecule has 3 heteroatoms. The van der Waals surface area contributed by atoms with Gasteiger partial charge in [0.2, 0.25) is 0 Å². The van der Waals surface area contributed by atoms with E-state index in [1.807, 2.05) is 48.8 Å². The van der Waals surface area contributed by atoms with Crippen molar-refractivity contribution in [2.75, 3.05) is 6.61 Å². The Bertz CT molecular complexity index is 960. The first-order valence-corrected chi connectivity index (χ1v) is 8.59. The first-order valence-electron chi connectivity index (χ1n) is 8.59. The molecule has 0 fully saturated rings. The highest BCUT2D eigenvalue weighted by Crippen LogP contribution is 2.29. The van der Waals surface area contributed by atoms with Gasteiger partial charge in [0, 0.05) is 12.1 Å². The summed E-state index contributed by atoms with van der Waals surface area (Å²) in [6.07, 6.45) is 2.84. The topological polar surface area (TPSA) is 27.1 Å². The van der Waals surface area contributed by atoms with Crippen molar-refractivity contribution in [1.82, 2.24) is 9.55 Å². The molecule has 0 saturated heterocycles. The Hall–Kier alpha value is -3.07. The number of hydrogen-bond donors (Lipinski definition) is 0. The molecule has 1 heterocycles. The van der Waals surface area contributed by atoms with Gasteiger partial charge in [-0.15, -0.1) is 0 Å². The van der Waals surface area contributed by atoms with Crippen LogP contribution >= 0.6 is 0 Å². The van der Waals surface area contributed by atoms with Crippen LogP contribution in [0.4, 0.5) is 0 Å². The Morgan fingerprint density at radius 1 is 0.800 bits per heavy atom. The largest absolute Gasteiger partial charge is 0.493 e. The quantitative estimate of drug-likeness (QED) is 0.456. The summed E-state index contributed by atoms with van der Waals surface area (Å²) >= 11 is 0. The van der Waals surface area contributed by atoms with Gasteiger partial charge < -0.3 is 9.30 Å². The van der Waals surface area contributed by atoms with Gasteiger partial charge in [-0.25, -0.2) is 4.98 Å². The molecule has 3 nitrogen and oxygen atoms in total. The van der Waals surface area contributed by atoms with Gasteiger partial charge in [0.25, 0.3) is 0 Å². The lowest BCUT2D eigenvalue weighted by atomic mass is 10.1. The first-order chi connectivity index (χ1) is 12.4. The SMILES string of the molecule is c1ccc(-c2ccccc2OCCCn2cnc3ccccc32)cc1. The van der Waals surface area contributed by atoms with Gasteiger partial charge >= 0.3 is 0 Å². The van der Waals surface area contributed by atoms with Crippen LogP contribution in [0.25, 0.3) is 22.2 Å². The van der Waals surface area contributed by atoms with E-state index in [2.05, 4.69) is 45.9 Å². The van der Waals surface area contributed by atoms with E-state index in [4.69, 9.17) is 4.74 Å². The number of nitrogens with zero attached hydrogens (tertiary/aromatic N) is 2. The summed E-state index contributed by atoms with van der Waals surface area (Å²) in [4.78, 5) is 4.43. The molecule has 25 heavy (non-hydrogen) atoms. The summed E-state index contributed by atoms with van der Waals surface area (Å²) < 4.78 is 8.25. The third-order valence-corrected chi connectivity index (χ3v) is 4.30. The van der Waals surface area contributed by atoms with Gasteiger partial charge in [-0.05, 0) is 30.2 Å². The molecule has 0 unspecified atom stereocenters. The summed E-state index contributed by atoms with van der Waals surface area (Å²) in [5.74, 6) is 0.934. The second-order valence-electron chi connectivity index (χ2n) is 5.99. The van der Waals surface area contributed by atoms with E-state index in [0.29, 0.717) is 6.61 Å². The number of aromatic nitrogens is 2. The van der Waals surface area contributed by atoms with Crippen LogP contribution in [0.15, 0.2) is 85.2 Å². The van der Waals surface area contributed by atoms with E-state index in [1.165, 1.54) is 11.1 Å². The minimum atomic E-state index is 0.677. The van der Waals surface area contributed by atoms with Crippen LogP contribution < -0.4 is 4.74 Å². The predicted molar refractivity (Wildman–Crippen MR) is 102 cm³/mol. The van der Waals surface area contributed by atoms with Gasteiger partial charge in [0.05, 0.1) is 24.0 Å². The lowest BCUT2D eigenvalue weighted by molar-refractivity contribution is 0.303. The molecule has 0 saturated carbocycles. The maximum absolute atomic E-state index is 6.07. The molecule has 4 aromatic rings. The number of ether oxygens (including phenoxy) is 1. The van der Waals surface area contributed by atoms with Crippen molar-refractivity contribution >= 4 is 11.0 Å². The van der Waals surface area contributed by atoms with Crippen molar-refractivity contribution in [1.29, 1.82) is 0 Å². The molecule has 0 atom stereocenters. The van der Waals surface area contributed by atoms with Gasteiger partial charge in [-0.2, -0.15) is 0 Å². The minimum Gasteiger partial charge on any atom is -0.493 e. The van der Waals surface area contributed by atoms with Gasteiger partial charge in [0.15, 0.2) is 0 Å². The number of fused-ring (bicyclic) bond motifs is 1. The molecule has 0 radical (unpaired) electrons. The number of imidazole rings is 1. The predicted octanol–water partition coefficient (Wildman–Crippen LogP) is 5.17. The van der Waals surface area contributed by atoms with E-state index < -0.39 is 0 Å². The van der Waals surface area contributed by atoms with Crippen LogP contribution in [0.5, 0.6) is 5.75 Å². The van der Waals surface area contributed by atoms with Crippen molar-refractivity contribution < 1.29 is 4.74 Å². The molecule has 1 aromatic heterocycles. The molecular weight excluding hydrogens is 308 g/mol. The zero-order valence-electron chi connectivity index (χ0n) is 14.0. The molecule has 0 amide bonds. The van der Waals surface area contributed by atoms with Gasteiger partial charge in [-0.1, -0.05) is 60.7 Å². The molecule has 3 aromatic carbocycles. The second-order valence-corrected chi connectivity index (χ2v) is 5.99. The molecule has 0 bridgehead atoms. The Morgan fingerprint density at radius 2 is 1.56 bits per heavy atom. The van der Waals surface area contributed by atoms with E-state index in [9.17, 15) is 0 Å². The lowest BCUT2D eigenvalue weighted by Gasteiger charge is -2.12. The van der Waals surface area contributed by atoms with Crippen molar-refractivity contribution in [2.45, 2.75) is 13.0 Å². The maximum Gasteiger partial charge on any atom is 0.127 e. The van der Waals surface area contributed by atoms with Crippen LogP contribution in [-0.2, 0) is 6.54 Å². The second kappa shape index (κ2) is 7.22. The molecule has 0 aliphatic rings. The van der Waals surface area contributed by atoms with Crippen LogP contribution in [0, 0.1) is 0 Å². The molecule has 0 aliphatic heterocycles. The van der Waals surface area contributed by atoms with Crippen molar-refractivity contribution in [3.05, 3.63) is 85.2 Å². The van der Waals surface area contributed by atoms with Gasteiger partial charge in [-0.3, -0.25) is 0 Å². The van der Waals surface area contributed by atoms with Crippen LogP contribution in [-0.4, -0.2) is 16.2 Å². The van der Waals surface area contributed by atoms with Crippen molar-refractivity contribution in [3.8, 4) is 16.9 Å². The number of hydrogen-bond acceptors (Lipinski definition) is 2. The monoisotopic (exact) mass is 328 g/mol. The lowest BCUT2D eigenvalue weighted by Crippen LogP contribution is -2.04. The fourth-order valence-corrected chi connectivity index (χ4v) is 3.05. The average Bonchev–Trinajstić information content (AvgIpc) is 3.09. The number of benzene rings is 3. The molecule has 0 spiro atoms. The molecular formula is C22H20N2O. The fraction of sp³-hybridized carbons (Fsp3) is 0.136. The smallest absolute Gasteiger partial charge is 0.127 e. The summed E-state index contributed by atoms with van der Waals surface area (Å²) in [6, 6.07) is 26.8. The van der Waals surface area contributed by atoms with E-state index in [-0.39, 0.29) is 0 Å². The van der Waals surface area contributed by atoms with Crippen molar-refractivity contribution in [2.24, 2.45) is 0 Å². The van der Waals surface area contributed by atoms with E-state index >= 15 is 0 Å². The summed E-state index contributed by atoms with van der Waals surface area (Å²) in [7, 11) is 0. The maximum atomic E-state index is 6.07. The first kappa shape index (κ1) is 15.5. The average molecular weight is 328 g/mol. The van der Waals surface area contributed by atoms with E-state index in [1.54, 1.807) is 0 Å². The fourth-order valence-electron chi connectivity index (χ4n) is 3.05. The van der Waals surface area contributed by atoms with E-state index in [0.717, 1.165) is 29.8 Å². The van der Waals surface area contributed by atoms with Gasteiger partial charge in [0.1, 0.15) is 5.75 Å². The van der Waals surface area contributed by atoms with Crippen LogP contribution in [0.3, 0.4) is 0 Å². The normalized spacial score (nSPS) is 10.9. The highest BCUT2D eigenvalue weighted by atomic mass is 16.5. The number of rotatable bonds is 6. The summed E-state index contributed by atoms with van der Waals surface area (Å²) in [5, 5.41) is 0. The Balaban J connectivity index is 1.41. The molecule has 4 rings (SSSR count). The molecule has 0 N–H and O–H groups in total. The van der Waals surface area contributed by atoms with Crippen LogP contribution in [0.2, 0.25) is 0 Å². The molecule has 0 aliphatic carbocycles. The summed E-state index contributed by atoms with van der Waals surface area (Å²) in [6.45, 7) is 1.57. The number of aryl methyl sites for hydroxylation is 1. The highest BCUT2D eigenvalue weighted by molar-refractivity contribution is 5.74. The summed E-state index contributed by atoms with van der Waals surface area (Å²) in [5.41, 5.74) is 4.53. The molecule has 124 valence electrons. The Labute approximate surface area is 147 Å². The third-order valence-electron chi connectivity index (χ3n) is 4.30. The standard InChI is InChI=1S/C22H20N2O/c1-2-9-18(10-3-1)19-11-4-7-14-22(19)25-16-8-15-24-17-23-20-12-5-6-13-21(20)24/h1-7,9-14,17H,8,15-16H2. The highest BCUT2D eigenvalue weighted by Gasteiger charge is 2.06.